The lowest BCUT2D eigenvalue weighted by molar-refractivity contribution is 0.583. The van der Waals surface area contributed by atoms with Crippen LogP contribution < -0.4 is 10.2 Å². The van der Waals surface area contributed by atoms with Gasteiger partial charge in [-0.1, -0.05) is 6.92 Å². The van der Waals surface area contributed by atoms with Crippen LogP contribution >= 0.6 is 11.8 Å². The topological polar surface area (TPSA) is 75.2 Å². The van der Waals surface area contributed by atoms with E-state index in [4.69, 9.17) is 0 Å². The van der Waals surface area contributed by atoms with E-state index in [2.05, 4.69) is 15.3 Å². The van der Waals surface area contributed by atoms with Gasteiger partial charge >= 0.3 is 0 Å². The van der Waals surface area contributed by atoms with Gasteiger partial charge in [-0.15, -0.1) is 0 Å². The van der Waals surface area contributed by atoms with Crippen molar-refractivity contribution in [2.24, 2.45) is 0 Å². The molecule has 6 nitrogen and oxygen atoms in total. The molecule has 0 amide bonds. The monoisotopic (exact) mass is 330 g/mol. The minimum atomic E-state index is -3.15. The number of aryl methyl sites for hydroxylation is 1. The zero-order valence-corrected chi connectivity index (χ0v) is 14.5. The zero-order chi connectivity index (χ0) is 15.6. The maximum Gasteiger partial charge on any atom is 0.169 e. The van der Waals surface area contributed by atoms with Crippen LogP contribution in [-0.2, 0) is 16.3 Å². The molecule has 0 aliphatic carbocycles. The summed E-state index contributed by atoms with van der Waals surface area (Å²) in [5, 5.41) is 2.56. The highest BCUT2D eigenvalue weighted by Crippen LogP contribution is 2.30. The highest BCUT2D eigenvalue weighted by Gasteiger charge is 2.33. The van der Waals surface area contributed by atoms with Gasteiger partial charge in [-0.2, -0.15) is 11.8 Å². The van der Waals surface area contributed by atoms with Crippen LogP contribution in [0.5, 0.6) is 0 Å². The minimum Gasteiger partial charge on any atom is -0.373 e. The molecule has 21 heavy (non-hydrogen) atoms. The molecule has 1 aromatic rings. The summed E-state index contributed by atoms with van der Waals surface area (Å²) in [7, 11) is -1.34. The highest BCUT2D eigenvalue weighted by atomic mass is 32.2. The van der Waals surface area contributed by atoms with Gasteiger partial charge in [-0.05, 0) is 6.92 Å². The van der Waals surface area contributed by atoms with E-state index in [0.717, 1.165) is 28.8 Å². The third kappa shape index (κ3) is 3.42. The Hall–Kier alpha value is -1.02. The molecule has 0 saturated carbocycles. The van der Waals surface area contributed by atoms with Crippen LogP contribution in [0, 0.1) is 6.92 Å². The van der Waals surface area contributed by atoms with E-state index in [0.29, 0.717) is 18.7 Å². The number of hydrogen-bond acceptors (Lipinski definition) is 7. The van der Waals surface area contributed by atoms with Gasteiger partial charge in [-0.25, -0.2) is 18.4 Å². The lowest BCUT2D eigenvalue weighted by Gasteiger charge is -2.36. The van der Waals surface area contributed by atoms with Crippen molar-refractivity contribution in [3.63, 3.8) is 0 Å². The first-order valence-electron chi connectivity index (χ1n) is 6.97. The predicted octanol–water partition coefficient (Wildman–Crippen LogP) is 1.31. The largest absolute Gasteiger partial charge is 0.373 e. The molecule has 1 aliphatic heterocycles. The molecule has 1 saturated heterocycles. The maximum atomic E-state index is 12.1. The van der Waals surface area contributed by atoms with Crippen molar-refractivity contribution in [1.29, 1.82) is 0 Å². The van der Waals surface area contributed by atoms with Crippen molar-refractivity contribution >= 4 is 33.2 Å². The Balaban J connectivity index is 2.52. The first-order valence-corrected chi connectivity index (χ1v) is 10.1. The summed E-state index contributed by atoms with van der Waals surface area (Å²) >= 11 is 1.67. The SMILES string of the molecule is CCc1nc(NC)c(C)c(N2CCSCC2S(C)(=O)=O)n1. The van der Waals surface area contributed by atoms with E-state index in [1.54, 1.807) is 11.8 Å². The molecule has 0 radical (unpaired) electrons. The number of nitrogens with zero attached hydrogens (tertiary/aromatic N) is 3. The summed E-state index contributed by atoms with van der Waals surface area (Å²) in [5.41, 5.74) is 0.898. The number of nitrogens with one attached hydrogen (secondary N) is 1. The number of thioether (sulfide) groups is 1. The first-order chi connectivity index (χ1) is 9.88. The average Bonchev–Trinajstić information content (AvgIpc) is 2.46. The fourth-order valence-electron chi connectivity index (χ4n) is 2.41. The van der Waals surface area contributed by atoms with E-state index >= 15 is 0 Å². The highest BCUT2D eigenvalue weighted by molar-refractivity contribution is 8.01. The first kappa shape index (κ1) is 16.4. The molecule has 1 aromatic heterocycles. The predicted molar refractivity (Wildman–Crippen MR) is 89.0 cm³/mol. The van der Waals surface area contributed by atoms with Crippen LogP contribution in [-0.4, -0.2) is 55.1 Å². The molecule has 1 N–H and O–H groups in total. The Labute approximate surface area is 130 Å². The Morgan fingerprint density at radius 2 is 2.14 bits per heavy atom. The molecular weight excluding hydrogens is 308 g/mol. The molecule has 1 aliphatic rings. The van der Waals surface area contributed by atoms with Crippen LogP contribution in [0.3, 0.4) is 0 Å². The second-order valence-corrected chi connectivity index (χ2v) is 8.45. The average molecular weight is 330 g/mol. The van der Waals surface area contributed by atoms with Crippen molar-refractivity contribution in [2.45, 2.75) is 25.6 Å². The fourth-order valence-corrected chi connectivity index (χ4v) is 5.23. The number of hydrogen-bond donors (Lipinski definition) is 1. The third-order valence-corrected chi connectivity index (χ3v) is 6.21. The second-order valence-electron chi connectivity index (χ2n) is 5.09. The van der Waals surface area contributed by atoms with Crippen LogP contribution in [0.4, 0.5) is 11.6 Å². The van der Waals surface area contributed by atoms with Crippen LogP contribution in [0.2, 0.25) is 0 Å². The summed E-state index contributed by atoms with van der Waals surface area (Å²) < 4.78 is 24.2. The van der Waals surface area contributed by atoms with E-state index < -0.39 is 15.2 Å². The fraction of sp³-hybridized carbons (Fsp3) is 0.692. The Morgan fingerprint density at radius 1 is 1.43 bits per heavy atom. The van der Waals surface area contributed by atoms with Crippen molar-refractivity contribution in [2.75, 3.05) is 41.6 Å². The van der Waals surface area contributed by atoms with Gasteiger partial charge in [0, 0.05) is 43.3 Å². The summed E-state index contributed by atoms with van der Waals surface area (Å²) in [5.74, 6) is 3.72. The van der Waals surface area contributed by atoms with Crippen LogP contribution in [0.1, 0.15) is 18.3 Å². The standard InChI is InChI=1S/C13H22N4O2S2/c1-5-10-15-12(14-3)9(2)13(16-10)17-6-7-20-8-11(17)21(4,18)19/h11H,5-8H2,1-4H3,(H,14,15,16). The Morgan fingerprint density at radius 3 is 2.71 bits per heavy atom. The number of rotatable bonds is 4. The van der Waals surface area contributed by atoms with Gasteiger partial charge in [0.25, 0.3) is 0 Å². The van der Waals surface area contributed by atoms with E-state index in [1.807, 2.05) is 25.8 Å². The van der Waals surface area contributed by atoms with E-state index in [1.165, 1.54) is 6.26 Å². The van der Waals surface area contributed by atoms with Gasteiger partial charge in [-0.3, -0.25) is 0 Å². The van der Waals surface area contributed by atoms with Gasteiger partial charge in [0.2, 0.25) is 0 Å². The Bertz CT molecular complexity index is 619. The van der Waals surface area contributed by atoms with Gasteiger partial charge in [0.15, 0.2) is 9.84 Å². The molecule has 2 rings (SSSR count). The van der Waals surface area contributed by atoms with Gasteiger partial charge in [0.05, 0.1) is 0 Å². The summed E-state index contributed by atoms with van der Waals surface area (Å²) in [4.78, 5) is 11.0. The molecule has 0 spiro atoms. The maximum absolute atomic E-state index is 12.1. The van der Waals surface area contributed by atoms with Crippen LogP contribution in [0.15, 0.2) is 0 Å². The lowest BCUT2D eigenvalue weighted by Crippen LogP contribution is -2.47. The molecule has 0 aromatic carbocycles. The third-order valence-electron chi connectivity index (χ3n) is 3.57. The van der Waals surface area contributed by atoms with Gasteiger partial charge in [0.1, 0.15) is 22.8 Å². The smallest absolute Gasteiger partial charge is 0.169 e. The minimum absolute atomic E-state index is 0.515. The summed E-state index contributed by atoms with van der Waals surface area (Å²) in [6.07, 6.45) is 2.01. The van der Waals surface area contributed by atoms with Crippen molar-refractivity contribution in [1.82, 2.24) is 9.97 Å². The Kier molecular flexibility index (Phi) is 4.98. The molecule has 118 valence electrons. The summed E-state index contributed by atoms with van der Waals surface area (Å²) in [6.45, 7) is 4.61. The number of sulfone groups is 1. The van der Waals surface area contributed by atoms with Gasteiger partial charge < -0.3 is 10.2 Å². The molecule has 1 fully saturated rings. The normalized spacial score (nSPS) is 19.6. The lowest BCUT2D eigenvalue weighted by atomic mass is 10.2. The molecular formula is C13H22N4O2S2. The quantitative estimate of drug-likeness (QED) is 0.892. The zero-order valence-electron chi connectivity index (χ0n) is 12.9. The molecule has 0 bridgehead atoms. The molecule has 1 unspecified atom stereocenters. The molecule has 1 atom stereocenters. The van der Waals surface area contributed by atoms with Crippen LogP contribution in [0.25, 0.3) is 0 Å². The second kappa shape index (κ2) is 6.39. The molecule has 2 heterocycles. The van der Waals surface area contributed by atoms with Crippen molar-refractivity contribution in [3.05, 3.63) is 11.4 Å². The number of anilines is 2. The van der Waals surface area contributed by atoms with Crippen molar-refractivity contribution < 1.29 is 8.42 Å². The summed E-state index contributed by atoms with van der Waals surface area (Å²) in [6, 6.07) is 0. The van der Waals surface area contributed by atoms with Crippen molar-refractivity contribution in [3.8, 4) is 0 Å². The van der Waals surface area contributed by atoms with E-state index in [9.17, 15) is 8.42 Å². The number of aromatic nitrogens is 2. The van der Waals surface area contributed by atoms with E-state index in [-0.39, 0.29) is 0 Å². The molecule has 8 heteroatoms.